The number of hydrogen-bond donors (Lipinski definition) is 2. The van der Waals surface area contributed by atoms with E-state index in [9.17, 15) is 0 Å². The zero-order valence-corrected chi connectivity index (χ0v) is 16.3. The highest BCUT2D eigenvalue weighted by atomic mass is 35.5. The lowest BCUT2D eigenvalue weighted by Crippen LogP contribution is -2.26. The fourth-order valence-corrected chi connectivity index (χ4v) is 3.67. The number of H-pyrrole nitrogens is 1. The number of nitrogens with zero attached hydrogens (tertiary/aromatic N) is 1. The van der Waals surface area contributed by atoms with Gasteiger partial charge in [-0.05, 0) is 35.7 Å². The van der Waals surface area contributed by atoms with E-state index < -0.39 is 0 Å². The predicted octanol–water partition coefficient (Wildman–Crippen LogP) is 4.86. The molecule has 1 unspecified atom stereocenters. The Bertz CT molecular complexity index is 905. The number of ether oxygens (including phenoxy) is 2. The first-order valence-electron chi connectivity index (χ1n) is 9.38. The van der Waals surface area contributed by atoms with Gasteiger partial charge in [0, 0.05) is 13.0 Å². The number of imidazole rings is 1. The Morgan fingerprint density at radius 2 is 2.00 bits per heavy atom. The highest BCUT2D eigenvalue weighted by Crippen LogP contribution is 2.38. The van der Waals surface area contributed by atoms with Crippen LogP contribution in [-0.4, -0.2) is 23.2 Å². The zero-order valence-electron chi connectivity index (χ0n) is 15.6. The molecule has 142 valence electrons. The molecule has 1 aliphatic rings. The fourth-order valence-electron chi connectivity index (χ4n) is 3.38. The summed E-state index contributed by atoms with van der Waals surface area (Å²) in [6.45, 7) is 6.31. The molecule has 4 rings (SSSR count). The molecule has 5 nitrogen and oxygen atoms in total. The van der Waals surface area contributed by atoms with Crippen molar-refractivity contribution in [1.82, 2.24) is 15.3 Å². The summed E-state index contributed by atoms with van der Waals surface area (Å²) in [5.74, 6) is 2.70. The molecule has 2 aromatic carbocycles. The SMILES string of the molecule is CC(C)C(NCc1cc(Cl)c2c(c1)OCCCO2)c1nc2ccccc2[nH]1. The molecule has 2 N–H and O–H groups in total. The van der Waals surface area contributed by atoms with Crippen LogP contribution < -0.4 is 14.8 Å². The normalized spacial score (nSPS) is 15.1. The summed E-state index contributed by atoms with van der Waals surface area (Å²) in [4.78, 5) is 8.20. The number of benzene rings is 2. The van der Waals surface area contributed by atoms with Gasteiger partial charge in [0.15, 0.2) is 11.5 Å². The minimum Gasteiger partial charge on any atom is -0.489 e. The van der Waals surface area contributed by atoms with Crippen molar-refractivity contribution < 1.29 is 9.47 Å². The molecule has 0 saturated carbocycles. The van der Waals surface area contributed by atoms with Crippen molar-refractivity contribution >= 4 is 22.6 Å². The molecular formula is C21H24ClN3O2. The highest BCUT2D eigenvalue weighted by molar-refractivity contribution is 6.32. The molecule has 1 aliphatic heterocycles. The summed E-state index contributed by atoms with van der Waals surface area (Å²) < 4.78 is 11.5. The van der Waals surface area contributed by atoms with E-state index in [2.05, 4.69) is 24.1 Å². The molecule has 6 heteroatoms. The van der Waals surface area contributed by atoms with E-state index in [1.807, 2.05) is 36.4 Å². The number of rotatable bonds is 5. The van der Waals surface area contributed by atoms with Gasteiger partial charge in [0.05, 0.1) is 35.3 Å². The highest BCUT2D eigenvalue weighted by Gasteiger charge is 2.20. The fraction of sp³-hybridized carbons (Fsp3) is 0.381. The van der Waals surface area contributed by atoms with Crippen LogP contribution >= 0.6 is 11.6 Å². The van der Waals surface area contributed by atoms with E-state index in [1.165, 1.54) is 0 Å². The second-order valence-electron chi connectivity index (χ2n) is 7.20. The molecule has 0 aliphatic carbocycles. The van der Waals surface area contributed by atoms with Crippen molar-refractivity contribution in [3.05, 3.63) is 52.8 Å². The standard InChI is InChI=1S/C21H24ClN3O2/c1-13(2)19(21-24-16-6-3-4-7-17(16)25-21)23-12-14-10-15(22)20-18(11-14)26-8-5-9-27-20/h3-4,6-7,10-11,13,19,23H,5,8-9,12H2,1-2H3,(H,24,25). The summed E-state index contributed by atoms with van der Waals surface area (Å²) in [7, 11) is 0. The van der Waals surface area contributed by atoms with Crippen LogP contribution in [-0.2, 0) is 6.54 Å². The number of nitrogens with one attached hydrogen (secondary N) is 2. The Kier molecular flexibility index (Phi) is 5.23. The summed E-state index contributed by atoms with van der Waals surface area (Å²) in [5, 5.41) is 4.21. The van der Waals surface area contributed by atoms with Crippen molar-refractivity contribution in [1.29, 1.82) is 0 Å². The summed E-state index contributed by atoms with van der Waals surface area (Å²) in [5.41, 5.74) is 3.10. The van der Waals surface area contributed by atoms with Crippen LogP contribution in [0.15, 0.2) is 36.4 Å². The van der Waals surface area contributed by atoms with E-state index in [4.69, 9.17) is 26.1 Å². The molecule has 2 heterocycles. The minimum atomic E-state index is 0.104. The average Bonchev–Trinajstić information content (AvgIpc) is 2.91. The monoisotopic (exact) mass is 385 g/mol. The molecule has 3 aromatic rings. The Hall–Kier alpha value is -2.24. The number of para-hydroxylation sites is 2. The first-order valence-corrected chi connectivity index (χ1v) is 9.75. The maximum Gasteiger partial charge on any atom is 0.179 e. The van der Waals surface area contributed by atoms with Crippen molar-refractivity contribution in [2.75, 3.05) is 13.2 Å². The molecule has 0 fully saturated rings. The van der Waals surface area contributed by atoms with Gasteiger partial charge >= 0.3 is 0 Å². The van der Waals surface area contributed by atoms with Gasteiger partial charge in [-0.15, -0.1) is 0 Å². The van der Waals surface area contributed by atoms with Gasteiger partial charge in [-0.25, -0.2) is 4.98 Å². The summed E-state index contributed by atoms with van der Waals surface area (Å²) in [6, 6.07) is 12.1. The van der Waals surface area contributed by atoms with Gasteiger partial charge < -0.3 is 19.8 Å². The molecular weight excluding hydrogens is 362 g/mol. The van der Waals surface area contributed by atoms with Gasteiger partial charge in [-0.3, -0.25) is 0 Å². The van der Waals surface area contributed by atoms with Crippen molar-refractivity contribution in [3.63, 3.8) is 0 Å². The van der Waals surface area contributed by atoms with Gasteiger partial charge in [-0.2, -0.15) is 0 Å². The lowest BCUT2D eigenvalue weighted by atomic mass is 10.0. The molecule has 1 atom stereocenters. The lowest BCUT2D eigenvalue weighted by Gasteiger charge is -2.21. The molecule has 0 radical (unpaired) electrons. The van der Waals surface area contributed by atoms with E-state index >= 15 is 0 Å². The first kappa shape index (κ1) is 18.1. The second-order valence-corrected chi connectivity index (χ2v) is 7.60. The van der Waals surface area contributed by atoms with E-state index in [0.717, 1.165) is 34.6 Å². The number of aromatic nitrogens is 2. The number of halogens is 1. The smallest absolute Gasteiger partial charge is 0.179 e. The molecule has 0 spiro atoms. The van der Waals surface area contributed by atoms with Crippen LogP contribution in [0.4, 0.5) is 0 Å². The molecule has 27 heavy (non-hydrogen) atoms. The van der Waals surface area contributed by atoms with Gasteiger partial charge in [0.1, 0.15) is 5.82 Å². The zero-order chi connectivity index (χ0) is 18.8. The van der Waals surface area contributed by atoms with Crippen LogP contribution in [0.5, 0.6) is 11.5 Å². The second kappa shape index (κ2) is 7.79. The molecule has 0 saturated heterocycles. The van der Waals surface area contributed by atoms with Gasteiger partial charge in [-0.1, -0.05) is 37.6 Å². The van der Waals surface area contributed by atoms with E-state index in [1.54, 1.807) is 0 Å². The van der Waals surface area contributed by atoms with E-state index in [-0.39, 0.29) is 6.04 Å². The van der Waals surface area contributed by atoms with Crippen LogP contribution in [0, 0.1) is 5.92 Å². The number of hydrogen-bond acceptors (Lipinski definition) is 4. The van der Waals surface area contributed by atoms with Crippen molar-refractivity contribution in [2.45, 2.75) is 32.9 Å². The third-order valence-corrected chi connectivity index (χ3v) is 5.04. The third kappa shape index (κ3) is 3.89. The van der Waals surface area contributed by atoms with Crippen LogP contribution in [0.25, 0.3) is 11.0 Å². The third-order valence-electron chi connectivity index (χ3n) is 4.76. The quantitative estimate of drug-likeness (QED) is 0.658. The summed E-state index contributed by atoms with van der Waals surface area (Å²) >= 11 is 6.42. The Morgan fingerprint density at radius 1 is 1.19 bits per heavy atom. The van der Waals surface area contributed by atoms with Crippen molar-refractivity contribution in [2.24, 2.45) is 5.92 Å². The first-order chi connectivity index (χ1) is 13.1. The Labute approximate surface area is 164 Å². The van der Waals surface area contributed by atoms with Crippen LogP contribution in [0.2, 0.25) is 5.02 Å². The van der Waals surface area contributed by atoms with Gasteiger partial charge in [0.25, 0.3) is 0 Å². The number of aromatic amines is 1. The molecule has 0 amide bonds. The Balaban J connectivity index is 1.55. The molecule has 0 bridgehead atoms. The maximum atomic E-state index is 6.42. The largest absolute Gasteiger partial charge is 0.489 e. The number of fused-ring (bicyclic) bond motifs is 2. The average molecular weight is 386 g/mol. The van der Waals surface area contributed by atoms with Crippen LogP contribution in [0.3, 0.4) is 0 Å². The lowest BCUT2D eigenvalue weighted by molar-refractivity contribution is 0.297. The topological polar surface area (TPSA) is 59.2 Å². The minimum absolute atomic E-state index is 0.104. The van der Waals surface area contributed by atoms with E-state index in [0.29, 0.717) is 36.4 Å². The predicted molar refractivity (Wildman–Crippen MR) is 108 cm³/mol. The maximum absolute atomic E-state index is 6.42. The molecule has 1 aromatic heterocycles. The summed E-state index contributed by atoms with van der Waals surface area (Å²) in [6.07, 6.45) is 0.861. The van der Waals surface area contributed by atoms with Gasteiger partial charge in [0.2, 0.25) is 0 Å². The van der Waals surface area contributed by atoms with Crippen molar-refractivity contribution in [3.8, 4) is 11.5 Å². The Morgan fingerprint density at radius 3 is 2.81 bits per heavy atom. The van der Waals surface area contributed by atoms with Crippen LogP contribution in [0.1, 0.15) is 37.7 Å².